The van der Waals surface area contributed by atoms with Gasteiger partial charge in [0.15, 0.2) is 0 Å². The molecule has 0 fully saturated rings. The largest absolute Gasteiger partial charge is 0.393 e. The lowest BCUT2D eigenvalue weighted by Crippen LogP contribution is -2.14. The Labute approximate surface area is 76.9 Å². The number of halogens is 3. The highest BCUT2D eigenvalue weighted by molar-refractivity contribution is 4.61. The number of alkyl halides is 3. The summed E-state index contributed by atoms with van der Waals surface area (Å²) >= 11 is 0. The molecule has 0 aromatic rings. The Morgan fingerprint density at radius 2 is 1.62 bits per heavy atom. The van der Waals surface area contributed by atoms with Crippen molar-refractivity contribution in [2.24, 2.45) is 5.92 Å². The Morgan fingerprint density at radius 3 is 2.00 bits per heavy atom. The highest BCUT2D eigenvalue weighted by Crippen LogP contribution is 2.23. The molecule has 80 valence electrons. The Morgan fingerprint density at radius 1 is 1.08 bits per heavy atom. The summed E-state index contributed by atoms with van der Waals surface area (Å²) in [6.07, 6.45) is -4.75. The first-order chi connectivity index (χ1) is 5.81. The van der Waals surface area contributed by atoms with Gasteiger partial charge in [-0.05, 0) is 25.2 Å². The Hall–Kier alpha value is -0.250. The van der Waals surface area contributed by atoms with Crippen LogP contribution in [0, 0.1) is 5.92 Å². The highest BCUT2D eigenvalue weighted by atomic mass is 19.4. The fraction of sp³-hybridized carbons (Fsp3) is 1.00. The maximum absolute atomic E-state index is 11.7. The zero-order valence-corrected chi connectivity index (χ0v) is 8.06. The van der Waals surface area contributed by atoms with Crippen molar-refractivity contribution < 1.29 is 18.3 Å². The van der Waals surface area contributed by atoms with Crippen LogP contribution in [0.4, 0.5) is 13.2 Å². The van der Waals surface area contributed by atoms with Crippen molar-refractivity contribution in [2.75, 3.05) is 0 Å². The molecule has 1 nitrogen and oxygen atoms in total. The highest BCUT2D eigenvalue weighted by Gasteiger charge is 2.27. The summed E-state index contributed by atoms with van der Waals surface area (Å²) in [5.74, 6) is 0.431. The van der Waals surface area contributed by atoms with E-state index in [-0.39, 0.29) is 6.42 Å². The smallest absolute Gasteiger partial charge is 0.389 e. The van der Waals surface area contributed by atoms with Crippen molar-refractivity contribution in [3.63, 3.8) is 0 Å². The SMILES string of the molecule is CC(C)CCC(O)CCC(F)(F)F. The third-order valence-electron chi connectivity index (χ3n) is 1.84. The number of aliphatic hydroxyl groups is 1. The molecule has 0 amide bonds. The molecule has 1 unspecified atom stereocenters. The van der Waals surface area contributed by atoms with Crippen molar-refractivity contribution in [1.82, 2.24) is 0 Å². The lowest BCUT2D eigenvalue weighted by atomic mass is 10.0. The van der Waals surface area contributed by atoms with E-state index in [0.717, 1.165) is 6.42 Å². The monoisotopic (exact) mass is 198 g/mol. The lowest BCUT2D eigenvalue weighted by Gasteiger charge is -2.13. The first-order valence-corrected chi connectivity index (χ1v) is 4.56. The van der Waals surface area contributed by atoms with Gasteiger partial charge in [0, 0.05) is 6.42 Å². The van der Waals surface area contributed by atoms with Crippen molar-refractivity contribution in [3.8, 4) is 0 Å². The van der Waals surface area contributed by atoms with Crippen LogP contribution < -0.4 is 0 Å². The number of aliphatic hydroxyl groups excluding tert-OH is 1. The maximum Gasteiger partial charge on any atom is 0.389 e. The van der Waals surface area contributed by atoms with Crippen LogP contribution in [0.3, 0.4) is 0 Å². The van der Waals surface area contributed by atoms with Crippen LogP contribution in [-0.2, 0) is 0 Å². The van der Waals surface area contributed by atoms with Gasteiger partial charge in [0.2, 0.25) is 0 Å². The first kappa shape index (κ1) is 12.8. The van der Waals surface area contributed by atoms with Crippen molar-refractivity contribution in [3.05, 3.63) is 0 Å². The van der Waals surface area contributed by atoms with Gasteiger partial charge in [-0.25, -0.2) is 0 Å². The van der Waals surface area contributed by atoms with Gasteiger partial charge in [0.1, 0.15) is 0 Å². The predicted molar refractivity (Wildman–Crippen MR) is 45.4 cm³/mol. The molecular formula is C9H17F3O. The second-order valence-electron chi connectivity index (χ2n) is 3.78. The van der Waals surface area contributed by atoms with Crippen LogP contribution in [0.2, 0.25) is 0 Å². The zero-order chi connectivity index (χ0) is 10.5. The van der Waals surface area contributed by atoms with Crippen LogP contribution >= 0.6 is 0 Å². The van der Waals surface area contributed by atoms with Gasteiger partial charge >= 0.3 is 6.18 Å². The predicted octanol–water partition coefficient (Wildman–Crippen LogP) is 3.13. The molecule has 0 aromatic carbocycles. The van der Waals surface area contributed by atoms with E-state index in [2.05, 4.69) is 0 Å². The molecule has 0 aliphatic rings. The van der Waals surface area contributed by atoms with Crippen molar-refractivity contribution in [2.45, 2.75) is 51.8 Å². The van der Waals surface area contributed by atoms with E-state index < -0.39 is 18.7 Å². The molecule has 0 heterocycles. The number of hydrogen-bond acceptors (Lipinski definition) is 1. The zero-order valence-electron chi connectivity index (χ0n) is 8.06. The van der Waals surface area contributed by atoms with Crippen LogP contribution in [0.5, 0.6) is 0 Å². The van der Waals surface area contributed by atoms with E-state index in [9.17, 15) is 13.2 Å². The molecule has 0 saturated heterocycles. The summed E-state index contributed by atoms with van der Waals surface area (Å²) in [7, 11) is 0. The summed E-state index contributed by atoms with van der Waals surface area (Å²) in [5.41, 5.74) is 0. The standard InChI is InChI=1S/C9H17F3O/c1-7(2)3-4-8(13)5-6-9(10,11)12/h7-8,13H,3-6H2,1-2H3. The molecule has 0 spiro atoms. The van der Waals surface area contributed by atoms with E-state index in [1.807, 2.05) is 13.8 Å². The minimum atomic E-state index is -4.14. The quantitative estimate of drug-likeness (QED) is 0.719. The van der Waals surface area contributed by atoms with Crippen LogP contribution in [-0.4, -0.2) is 17.4 Å². The molecule has 0 saturated carbocycles. The molecule has 0 aliphatic heterocycles. The molecule has 0 radical (unpaired) electrons. The van der Waals surface area contributed by atoms with Gasteiger partial charge in [-0.15, -0.1) is 0 Å². The van der Waals surface area contributed by atoms with Crippen LogP contribution in [0.15, 0.2) is 0 Å². The normalized spacial score (nSPS) is 15.0. The molecule has 13 heavy (non-hydrogen) atoms. The minimum absolute atomic E-state index is 0.170. The third-order valence-corrected chi connectivity index (χ3v) is 1.84. The first-order valence-electron chi connectivity index (χ1n) is 4.56. The maximum atomic E-state index is 11.7. The fourth-order valence-electron chi connectivity index (χ4n) is 1.00. The number of hydrogen-bond donors (Lipinski definition) is 1. The average Bonchev–Trinajstić information content (AvgIpc) is 1.95. The second kappa shape index (κ2) is 5.47. The molecule has 4 heteroatoms. The number of rotatable bonds is 5. The van der Waals surface area contributed by atoms with Crippen molar-refractivity contribution in [1.29, 1.82) is 0 Å². The van der Waals surface area contributed by atoms with E-state index in [1.165, 1.54) is 0 Å². The van der Waals surface area contributed by atoms with Crippen LogP contribution in [0.25, 0.3) is 0 Å². The Balaban J connectivity index is 3.46. The summed E-state index contributed by atoms with van der Waals surface area (Å²) in [6.45, 7) is 3.97. The summed E-state index contributed by atoms with van der Waals surface area (Å²) < 4.78 is 35.1. The molecular weight excluding hydrogens is 181 g/mol. The van der Waals surface area contributed by atoms with Gasteiger partial charge in [-0.3, -0.25) is 0 Å². The van der Waals surface area contributed by atoms with Gasteiger partial charge in [-0.2, -0.15) is 13.2 Å². The minimum Gasteiger partial charge on any atom is -0.393 e. The Bertz CT molecular complexity index is 131. The lowest BCUT2D eigenvalue weighted by molar-refractivity contribution is -0.140. The Kier molecular flexibility index (Phi) is 5.37. The van der Waals surface area contributed by atoms with E-state index >= 15 is 0 Å². The molecule has 1 N–H and O–H groups in total. The van der Waals surface area contributed by atoms with Crippen LogP contribution in [0.1, 0.15) is 39.5 Å². The third kappa shape index (κ3) is 9.67. The van der Waals surface area contributed by atoms with E-state index in [1.54, 1.807) is 0 Å². The summed E-state index contributed by atoms with van der Waals surface area (Å²) in [5, 5.41) is 9.16. The molecule has 0 bridgehead atoms. The summed E-state index contributed by atoms with van der Waals surface area (Å²) in [4.78, 5) is 0. The summed E-state index contributed by atoms with van der Waals surface area (Å²) in [6, 6.07) is 0. The van der Waals surface area contributed by atoms with Gasteiger partial charge in [-0.1, -0.05) is 13.8 Å². The molecule has 0 aliphatic carbocycles. The van der Waals surface area contributed by atoms with E-state index in [4.69, 9.17) is 5.11 Å². The topological polar surface area (TPSA) is 20.2 Å². The van der Waals surface area contributed by atoms with Gasteiger partial charge in [0.25, 0.3) is 0 Å². The fourth-order valence-corrected chi connectivity index (χ4v) is 1.00. The molecule has 1 atom stereocenters. The molecule has 0 rings (SSSR count). The second-order valence-corrected chi connectivity index (χ2v) is 3.78. The van der Waals surface area contributed by atoms with E-state index in [0.29, 0.717) is 12.3 Å². The van der Waals surface area contributed by atoms with Gasteiger partial charge in [0.05, 0.1) is 6.10 Å². The average molecular weight is 198 g/mol. The van der Waals surface area contributed by atoms with Gasteiger partial charge < -0.3 is 5.11 Å². The van der Waals surface area contributed by atoms with Crippen molar-refractivity contribution >= 4 is 0 Å². The molecule has 0 aromatic heterocycles.